The number of imidazole rings is 1. The summed E-state index contributed by atoms with van der Waals surface area (Å²) in [5.41, 5.74) is 1.30. The van der Waals surface area contributed by atoms with Crippen molar-refractivity contribution in [2.45, 2.75) is 45.4 Å². The third-order valence-electron chi connectivity index (χ3n) is 2.23. The van der Waals surface area contributed by atoms with Crippen LogP contribution in [-0.4, -0.2) is 9.97 Å². The van der Waals surface area contributed by atoms with Crippen molar-refractivity contribution in [2.24, 2.45) is 0 Å². The van der Waals surface area contributed by atoms with Crippen molar-refractivity contribution in [1.82, 2.24) is 9.97 Å². The first-order valence-electron chi connectivity index (χ1n) is 4.86. The lowest BCUT2D eigenvalue weighted by Crippen LogP contribution is -1.98. The standard InChI is InChI=1S/C10H18N2.H2/c1-3-5-9(6-4-2)10-7-11-8-12-10;/h7-9H,3-6H2,1-2H3,(H,11,12);1H. The van der Waals surface area contributed by atoms with Crippen LogP contribution in [0.2, 0.25) is 0 Å². The Kier molecular flexibility index (Phi) is 3.85. The molecule has 0 aliphatic heterocycles. The maximum absolute atomic E-state index is 4.05. The molecule has 70 valence electrons. The van der Waals surface area contributed by atoms with Gasteiger partial charge in [-0.2, -0.15) is 0 Å². The van der Waals surface area contributed by atoms with Gasteiger partial charge in [0, 0.05) is 19.2 Å². The van der Waals surface area contributed by atoms with E-state index in [1.165, 1.54) is 31.4 Å². The van der Waals surface area contributed by atoms with Gasteiger partial charge in [-0.25, -0.2) is 4.98 Å². The van der Waals surface area contributed by atoms with Crippen molar-refractivity contribution in [1.29, 1.82) is 0 Å². The predicted molar refractivity (Wildman–Crippen MR) is 53.3 cm³/mol. The number of nitrogens with one attached hydrogen (secondary N) is 1. The van der Waals surface area contributed by atoms with E-state index >= 15 is 0 Å². The van der Waals surface area contributed by atoms with Crippen molar-refractivity contribution < 1.29 is 1.43 Å². The molecule has 0 unspecified atom stereocenters. The van der Waals surface area contributed by atoms with Crippen LogP contribution < -0.4 is 0 Å². The van der Waals surface area contributed by atoms with E-state index in [0.717, 1.165) is 0 Å². The normalized spacial score (nSPS) is 10.9. The number of H-pyrrole nitrogens is 1. The van der Waals surface area contributed by atoms with Gasteiger partial charge in [0.2, 0.25) is 0 Å². The van der Waals surface area contributed by atoms with Gasteiger partial charge in [0.1, 0.15) is 0 Å². The highest BCUT2D eigenvalue weighted by molar-refractivity contribution is 5.02. The summed E-state index contributed by atoms with van der Waals surface area (Å²) in [6, 6.07) is 0. The molecule has 0 aliphatic rings. The molecule has 0 aliphatic carbocycles. The molecule has 2 nitrogen and oxygen atoms in total. The molecule has 0 aromatic carbocycles. The summed E-state index contributed by atoms with van der Waals surface area (Å²) in [6.07, 6.45) is 8.78. The molecule has 1 rings (SSSR count). The van der Waals surface area contributed by atoms with Crippen molar-refractivity contribution in [2.75, 3.05) is 0 Å². The molecule has 0 spiro atoms. The van der Waals surface area contributed by atoms with Crippen LogP contribution in [0, 0.1) is 0 Å². The maximum atomic E-state index is 4.05. The number of rotatable bonds is 5. The van der Waals surface area contributed by atoms with Crippen LogP contribution >= 0.6 is 0 Å². The lowest BCUT2D eigenvalue weighted by molar-refractivity contribution is 0.550. The largest absolute Gasteiger partial charge is 0.348 e. The van der Waals surface area contributed by atoms with Crippen molar-refractivity contribution in [3.8, 4) is 0 Å². The molecule has 2 heteroatoms. The zero-order valence-electron chi connectivity index (χ0n) is 8.01. The second-order valence-corrected chi connectivity index (χ2v) is 3.28. The summed E-state index contributed by atoms with van der Waals surface area (Å²) in [5, 5.41) is 0. The van der Waals surface area contributed by atoms with Gasteiger partial charge < -0.3 is 4.98 Å². The second kappa shape index (κ2) is 4.96. The number of nitrogens with zero attached hydrogens (tertiary/aromatic N) is 1. The van der Waals surface area contributed by atoms with Gasteiger partial charge in [-0.1, -0.05) is 26.7 Å². The fraction of sp³-hybridized carbons (Fsp3) is 0.700. The molecule has 0 fully saturated rings. The monoisotopic (exact) mass is 168 g/mol. The highest BCUT2D eigenvalue weighted by Crippen LogP contribution is 2.23. The molecular formula is C10H20N2. The van der Waals surface area contributed by atoms with Crippen LogP contribution in [-0.2, 0) is 0 Å². The van der Waals surface area contributed by atoms with Crippen LogP contribution in [0.4, 0.5) is 0 Å². The molecule has 1 aromatic heterocycles. The molecule has 0 radical (unpaired) electrons. The Bertz CT molecular complexity index is 191. The third-order valence-corrected chi connectivity index (χ3v) is 2.23. The van der Waals surface area contributed by atoms with E-state index in [1.807, 2.05) is 6.20 Å². The molecule has 1 heterocycles. The Hall–Kier alpha value is -0.790. The Morgan fingerprint density at radius 3 is 2.50 bits per heavy atom. The summed E-state index contributed by atoms with van der Waals surface area (Å²) in [6.45, 7) is 4.47. The van der Waals surface area contributed by atoms with E-state index in [-0.39, 0.29) is 1.43 Å². The zero-order chi connectivity index (χ0) is 8.81. The third kappa shape index (κ3) is 2.36. The minimum atomic E-state index is 0. The molecular weight excluding hydrogens is 148 g/mol. The number of aromatic nitrogens is 2. The fourth-order valence-corrected chi connectivity index (χ4v) is 1.64. The minimum absolute atomic E-state index is 0. The Balaban J connectivity index is 0.00000144. The Labute approximate surface area is 75.9 Å². The average molecular weight is 168 g/mol. The van der Waals surface area contributed by atoms with Gasteiger partial charge in [0.05, 0.1) is 6.33 Å². The van der Waals surface area contributed by atoms with Crippen LogP contribution in [0.25, 0.3) is 0 Å². The van der Waals surface area contributed by atoms with Gasteiger partial charge in [0.25, 0.3) is 0 Å². The van der Waals surface area contributed by atoms with E-state index < -0.39 is 0 Å². The summed E-state index contributed by atoms with van der Waals surface area (Å²) in [4.78, 5) is 7.25. The molecule has 1 aromatic rings. The van der Waals surface area contributed by atoms with E-state index in [0.29, 0.717) is 5.92 Å². The lowest BCUT2D eigenvalue weighted by Gasteiger charge is -2.12. The number of aromatic amines is 1. The lowest BCUT2D eigenvalue weighted by atomic mass is 9.95. The molecule has 0 saturated heterocycles. The molecule has 0 bridgehead atoms. The number of hydrogen-bond donors (Lipinski definition) is 1. The summed E-state index contributed by atoms with van der Waals surface area (Å²) >= 11 is 0. The van der Waals surface area contributed by atoms with Crippen molar-refractivity contribution in [3.63, 3.8) is 0 Å². The van der Waals surface area contributed by atoms with E-state index in [2.05, 4.69) is 23.8 Å². The first kappa shape index (κ1) is 9.30. The Morgan fingerprint density at radius 1 is 1.42 bits per heavy atom. The fourth-order valence-electron chi connectivity index (χ4n) is 1.64. The van der Waals surface area contributed by atoms with E-state index in [4.69, 9.17) is 0 Å². The van der Waals surface area contributed by atoms with Gasteiger partial charge in [-0.15, -0.1) is 0 Å². The first-order valence-corrected chi connectivity index (χ1v) is 4.86. The molecule has 0 atom stereocenters. The maximum Gasteiger partial charge on any atom is 0.0921 e. The quantitative estimate of drug-likeness (QED) is 0.717. The number of hydrogen-bond acceptors (Lipinski definition) is 1. The molecule has 1 N–H and O–H groups in total. The minimum Gasteiger partial charge on any atom is -0.348 e. The summed E-state index contributed by atoms with van der Waals surface area (Å²) in [5.74, 6) is 0.697. The average Bonchev–Trinajstić information content (AvgIpc) is 2.56. The summed E-state index contributed by atoms with van der Waals surface area (Å²) < 4.78 is 0. The SMILES string of the molecule is CCCC(CCC)c1cnc[nH]1.[HH]. The smallest absolute Gasteiger partial charge is 0.0921 e. The van der Waals surface area contributed by atoms with Crippen LogP contribution in [0.1, 0.15) is 52.6 Å². The highest BCUT2D eigenvalue weighted by atomic mass is 14.9. The van der Waals surface area contributed by atoms with E-state index in [9.17, 15) is 0 Å². The van der Waals surface area contributed by atoms with Crippen LogP contribution in [0.5, 0.6) is 0 Å². The zero-order valence-corrected chi connectivity index (χ0v) is 8.01. The topological polar surface area (TPSA) is 28.7 Å². The van der Waals surface area contributed by atoms with Crippen molar-refractivity contribution in [3.05, 3.63) is 18.2 Å². The molecule has 0 amide bonds. The Morgan fingerprint density at radius 2 is 2.08 bits per heavy atom. The summed E-state index contributed by atoms with van der Waals surface area (Å²) in [7, 11) is 0. The van der Waals surface area contributed by atoms with Gasteiger partial charge in [-0.3, -0.25) is 0 Å². The van der Waals surface area contributed by atoms with Crippen LogP contribution in [0.15, 0.2) is 12.5 Å². The van der Waals surface area contributed by atoms with Gasteiger partial charge in [-0.05, 0) is 12.8 Å². The first-order chi connectivity index (χ1) is 5.88. The molecule has 0 saturated carbocycles. The molecule has 12 heavy (non-hydrogen) atoms. The van der Waals surface area contributed by atoms with Crippen LogP contribution in [0.3, 0.4) is 0 Å². The highest BCUT2D eigenvalue weighted by Gasteiger charge is 2.09. The van der Waals surface area contributed by atoms with E-state index in [1.54, 1.807) is 6.33 Å². The van der Waals surface area contributed by atoms with Crippen molar-refractivity contribution >= 4 is 0 Å². The second-order valence-electron chi connectivity index (χ2n) is 3.28. The predicted octanol–water partition coefficient (Wildman–Crippen LogP) is 3.34. The van der Waals surface area contributed by atoms with Gasteiger partial charge in [0.15, 0.2) is 0 Å². The van der Waals surface area contributed by atoms with Gasteiger partial charge >= 0.3 is 0 Å².